The topological polar surface area (TPSA) is 39.5 Å². The lowest BCUT2D eigenvalue weighted by Crippen LogP contribution is -2.50. The molecule has 6 heteroatoms. The first-order chi connectivity index (χ1) is 9.70. The van der Waals surface area contributed by atoms with Crippen molar-refractivity contribution in [3.63, 3.8) is 0 Å². The maximum atomic E-state index is 12.6. The number of ether oxygens (including phenoxy) is 1. The van der Waals surface area contributed by atoms with E-state index >= 15 is 0 Å². The molecule has 20 heavy (non-hydrogen) atoms. The van der Waals surface area contributed by atoms with E-state index in [1.54, 1.807) is 0 Å². The summed E-state index contributed by atoms with van der Waals surface area (Å²) in [6.45, 7) is 5.92. The molecule has 0 bridgehead atoms. The van der Waals surface area contributed by atoms with Gasteiger partial charge in [-0.2, -0.15) is 5.26 Å². The van der Waals surface area contributed by atoms with Crippen LogP contribution in [0.25, 0.3) is 0 Å². The highest BCUT2D eigenvalue weighted by Crippen LogP contribution is 2.36. The van der Waals surface area contributed by atoms with Gasteiger partial charge in [0.05, 0.1) is 19.3 Å². The fourth-order valence-corrected chi connectivity index (χ4v) is 2.90. The Labute approximate surface area is 119 Å². The van der Waals surface area contributed by atoms with Crippen molar-refractivity contribution in [2.45, 2.75) is 31.7 Å². The molecule has 1 aliphatic heterocycles. The SMILES string of the molecule is N#CCCN(CCN1CCOCC1)C1CC(C(F)F)C1. The maximum absolute atomic E-state index is 12.6. The number of alkyl halides is 2. The van der Waals surface area contributed by atoms with Crippen molar-refractivity contribution in [3.05, 3.63) is 0 Å². The average molecular weight is 287 g/mol. The number of rotatable bonds is 7. The normalized spacial score (nSPS) is 27.6. The predicted octanol–water partition coefficient (Wildman–Crippen LogP) is 1.58. The van der Waals surface area contributed by atoms with Gasteiger partial charge < -0.3 is 4.74 Å². The molecule has 0 amide bonds. The first kappa shape index (κ1) is 15.6. The highest BCUT2D eigenvalue weighted by Gasteiger charge is 2.38. The van der Waals surface area contributed by atoms with E-state index in [-0.39, 0.29) is 6.04 Å². The van der Waals surface area contributed by atoms with Crippen molar-refractivity contribution in [1.82, 2.24) is 9.80 Å². The number of halogens is 2. The Bertz CT molecular complexity index is 323. The molecule has 0 unspecified atom stereocenters. The third kappa shape index (κ3) is 4.37. The van der Waals surface area contributed by atoms with Crippen molar-refractivity contribution < 1.29 is 13.5 Å². The quantitative estimate of drug-likeness (QED) is 0.713. The summed E-state index contributed by atoms with van der Waals surface area (Å²) in [5.41, 5.74) is 0. The fourth-order valence-electron chi connectivity index (χ4n) is 2.90. The highest BCUT2D eigenvalue weighted by atomic mass is 19.3. The van der Waals surface area contributed by atoms with Crippen LogP contribution in [0.3, 0.4) is 0 Å². The molecule has 1 aliphatic carbocycles. The van der Waals surface area contributed by atoms with Crippen LogP contribution in [0.4, 0.5) is 8.78 Å². The largest absolute Gasteiger partial charge is 0.379 e. The van der Waals surface area contributed by atoms with E-state index < -0.39 is 12.3 Å². The summed E-state index contributed by atoms with van der Waals surface area (Å²) in [7, 11) is 0. The first-order valence-electron chi connectivity index (χ1n) is 7.40. The monoisotopic (exact) mass is 287 g/mol. The van der Waals surface area contributed by atoms with E-state index in [0.717, 1.165) is 39.4 Å². The Morgan fingerprint density at radius 3 is 2.55 bits per heavy atom. The molecule has 2 rings (SSSR count). The summed E-state index contributed by atoms with van der Waals surface area (Å²) >= 11 is 0. The average Bonchev–Trinajstić information content (AvgIpc) is 2.40. The molecular formula is C14H23F2N3O. The van der Waals surface area contributed by atoms with Crippen molar-refractivity contribution >= 4 is 0 Å². The standard InChI is InChI=1S/C14H23F2N3O/c15-14(16)12-10-13(11-12)19(3-1-2-17)5-4-18-6-8-20-9-7-18/h12-14H,1,3-11H2. The van der Waals surface area contributed by atoms with Gasteiger partial charge in [0, 0.05) is 51.1 Å². The molecular weight excluding hydrogens is 264 g/mol. The fraction of sp³-hybridized carbons (Fsp3) is 0.929. The number of hydrogen-bond donors (Lipinski definition) is 0. The maximum Gasteiger partial charge on any atom is 0.241 e. The van der Waals surface area contributed by atoms with Crippen LogP contribution in [0.2, 0.25) is 0 Å². The number of nitrogens with zero attached hydrogens (tertiary/aromatic N) is 3. The predicted molar refractivity (Wildman–Crippen MR) is 71.6 cm³/mol. The second-order valence-electron chi connectivity index (χ2n) is 5.62. The molecule has 0 spiro atoms. The minimum atomic E-state index is -2.19. The molecule has 0 aromatic carbocycles. The molecule has 0 aromatic heterocycles. The van der Waals surface area contributed by atoms with Gasteiger partial charge in [0.1, 0.15) is 0 Å². The van der Waals surface area contributed by atoms with E-state index in [1.807, 2.05) is 0 Å². The van der Waals surface area contributed by atoms with E-state index in [4.69, 9.17) is 10.00 Å². The zero-order chi connectivity index (χ0) is 14.4. The molecule has 2 aliphatic rings. The Balaban J connectivity index is 1.74. The Hall–Kier alpha value is -0.770. The summed E-state index contributed by atoms with van der Waals surface area (Å²) in [4.78, 5) is 4.56. The first-order valence-corrected chi connectivity index (χ1v) is 7.40. The third-order valence-electron chi connectivity index (χ3n) is 4.34. The van der Waals surface area contributed by atoms with Crippen LogP contribution in [0, 0.1) is 17.2 Å². The van der Waals surface area contributed by atoms with E-state index in [2.05, 4.69) is 15.9 Å². The van der Waals surface area contributed by atoms with Crippen molar-refractivity contribution in [3.8, 4) is 6.07 Å². The molecule has 1 saturated carbocycles. The lowest BCUT2D eigenvalue weighted by molar-refractivity contribution is -0.0276. The van der Waals surface area contributed by atoms with Gasteiger partial charge in [-0.05, 0) is 12.8 Å². The molecule has 1 heterocycles. The summed E-state index contributed by atoms with van der Waals surface area (Å²) in [5, 5.41) is 8.72. The van der Waals surface area contributed by atoms with Crippen LogP contribution < -0.4 is 0 Å². The van der Waals surface area contributed by atoms with Crippen molar-refractivity contribution in [1.29, 1.82) is 5.26 Å². The molecule has 114 valence electrons. The zero-order valence-corrected chi connectivity index (χ0v) is 11.8. The molecule has 0 atom stereocenters. The Kier molecular flexibility index (Phi) is 6.14. The third-order valence-corrected chi connectivity index (χ3v) is 4.34. The van der Waals surface area contributed by atoms with Gasteiger partial charge in [0.2, 0.25) is 6.43 Å². The summed E-state index contributed by atoms with van der Waals surface area (Å²) in [6.07, 6.45) is -0.569. The molecule has 4 nitrogen and oxygen atoms in total. The zero-order valence-electron chi connectivity index (χ0n) is 11.8. The highest BCUT2D eigenvalue weighted by molar-refractivity contribution is 4.90. The second kappa shape index (κ2) is 7.87. The van der Waals surface area contributed by atoms with Crippen LogP contribution in [-0.4, -0.2) is 68.2 Å². The lowest BCUT2D eigenvalue weighted by Gasteiger charge is -2.43. The number of morpholine rings is 1. The van der Waals surface area contributed by atoms with Crippen LogP contribution in [0.1, 0.15) is 19.3 Å². The van der Waals surface area contributed by atoms with E-state index in [0.29, 0.717) is 25.8 Å². The van der Waals surface area contributed by atoms with E-state index in [9.17, 15) is 8.78 Å². The molecule has 0 N–H and O–H groups in total. The van der Waals surface area contributed by atoms with Gasteiger partial charge in [0.25, 0.3) is 0 Å². The van der Waals surface area contributed by atoms with Crippen molar-refractivity contribution in [2.24, 2.45) is 5.92 Å². The minimum Gasteiger partial charge on any atom is -0.379 e. The molecule has 1 saturated heterocycles. The second-order valence-corrected chi connectivity index (χ2v) is 5.62. The van der Waals surface area contributed by atoms with Gasteiger partial charge in [-0.15, -0.1) is 0 Å². The summed E-state index contributed by atoms with van der Waals surface area (Å²) in [6, 6.07) is 2.39. The van der Waals surface area contributed by atoms with Crippen LogP contribution in [-0.2, 0) is 4.74 Å². The van der Waals surface area contributed by atoms with Gasteiger partial charge in [-0.1, -0.05) is 0 Å². The van der Waals surface area contributed by atoms with Gasteiger partial charge in [-0.3, -0.25) is 9.80 Å². The molecule has 0 radical (unpaired) electrons. The minimum absolute atomic E-state index is 0.239. The molecule has 0 aromatic rings. The van der Waals surface area contributed by atoms with Crippen LogP contribution in [0.15, 0.2) is 0 Å². The Morgan fingerprint density at radius 1 is 1.25 bits per heavy atom. The smallest absolute Gasteiger partial charge is 0.241 e. The summed E-state index contributed by atoms with van der Waals surface area (Å²) in [5.74, 6) is -0.437. The van der Waals surface area contributed by atoms with Gasteiger partial charge in [-0.25, -0.2) is 8.78 Å². The summed E-state index contributed by atoms with van der Waals surface area (Å²) < 4.78 is 30.4. The Morgan fingerprint density at radius 2 is 1.95 bits per heavy atom. The van der Waals surface area contributed by atoms with Gasteiger partial charge in [0.15, 0.2) is 0 Å². The van der Waals surface area contributed by atoms with Crippen molar-refractivity contribution in [2.75, 3.05) is 45.9 Å². The molecule has 2 fully saturated rings. The van der Waals surface area contributed by atoms with Crippen LogP contribution >= 0.6 is 0 Å². The van der Waals surface area contributed by atoms with Crippen LogP contribution in [0.5, 0.6) is 0 Å². The lowest BCUT2D eigenvalue weighted by atomic mass is 9.79. The van der Waals surface area contributed by atoms with Gasteiger partial charge >= 0.3 is 0 Å². The van der Waals surface area contributed by atoms with E-state index in [1.165, 1.54) is 0 Å². The number of nitriles is 1. The number of hydrogen-bond acceptors (Lipinski definition) is 4.